The van der Waals surface area contributed by atoms with Gasteiger partial charge in [-0.2, -0.15) is 4.98 Å². The van der Waals surface area contributed by atoms with E-state index in [4.69, 9.17) is 4.74 Å². The van der Waals surface area contributed by atoms with Crippen molar-refractivity contribution in [2.45, 2.75) is 38.1 Å². The Bertz CT molecular complexity index is 650. The van der Waals surface area contributed by atoms with Crippen LogP contribution in [0.5, 0.6) is 5.88 Å². The fraction of sp³-hybridized carbons (Fsp3) is 0.353. The number of hydrogen-bond donors (Lipinski definition) is 1. The van der Waals surface area contributed by atoms with Crippen LogP contribution in [0.1, 0.15) is 24.6 Å². The zero-order valence-electron chi connectivity index (χ0n) is 13.6. The summed E-state index contributed by atoms with van der Waals surface area (Å²) in [4.78, 5) is 20.9. The summed E-state index contributed by atoms with van der Waals surface area (Å²) in [5.41, 5.74) is 1.87. The van der Waals surface area contributed by atoms with Crippen molar-refractivity contribution in [3.63, 3.8) is 0 Å². The molecule has 1 unspecified atom stereocenters. The Labute approximate surface area is 140 Å². The molecule has 1 aromatic carbocycles. The first-order chi connectivity index (χ1) is 11.1. The molecule has 122 valence electrons. The largest absolute Gasteiger partial charge is 0.464 e. The van der Waals surface area contributed by atoms with E-state index in [1.165, 1.54) is 11.8 Å². The second-order valence-electron chi connectivity index (χ2n) is 5.05. The van der Waals surface area contributed by atoms with Gasteiger partial charge in [0.15, 0.2) is 11.3 Å². The lowest BCUT2D eigenvalue weighted by molar-refractivity contribution is -0.128. The van der Waals surface area contributed by atoms with Crippen LogP contribution in [0.25, 0.3) is 0 Å². The van der Waals surface area contributed by atoms with E-state index in [9.17, 15) is 4.79 Å². The predicted molar refractivity (Wildman–Crippen MR) is 91.5 cm³/mol. The molecule has 1 aromatic heterocycles. The average molecular weight is 331 g/mol. The highest BCUT2D eigenvalue weighted by Gasteiger charge is 2.19. The molecule has 2 aromatic rings. The summed E-state index contributed by atoms with van der Waals surface area (Å²) in [5, 5.41) is 3.54. The molecule has 1 N–H and O–H groups in total. The van der Waals surface area contributed by atoms with E-state index in [1.807, 2.05) is 50.4 Å². The first-order valence-electron chi connectivity index (χ1n) is 7.50. The number of aryl methyl sites for hydroxylation is 1. The van der Waals surface area contributed by atoms with Crippen LogP contribution in [-0.4, -0.2) is 28.2 Å². The maximum atomic E-state index is 12.3. The van der Waals surface area contributed by atoms with E-state index in [0.29, 0.717) is 24.0 Å². The number of carbonyl (C=O) groups is 1. The number of carbonyl (C=O) groups excluding carboxylic acids is 1. The molecule has 6 heteroatoms. The number of hydrogen-bond acceptors (Lipinski definition) is 5. The van der Waals surface area contributed by atoms with Crippen molar-refractivity contribution >= 4 is 17.7 Å². The number of nitrogens with one attached hydrogen (secondary N) is 1. The number of ether oxygens (including phenoxy) is 1. The standard InChI is InChI=1S/C17H21N3O2S/c1-4-14(16(21)18-11-13-8-6-5-7-9-13)22-15-10-12(2)19-17(20-15)23-3/h5-10,14H,4,11H2,1-3H3,(H,18,21). The van der Waals surface area contributed by atoms with Crippen molar-refractivity contribution in [3.8, 4) is 5.88 Å². The van der Waals surface area contributed by atoms with E-state index in [1.54, 1.807) is 6.07 Å². The molecule has 0 fully saturated rings. The molecule has 1 amide bonds. The monoisotopic (exact) mass is 331 g/mol. The van der Waals surface area contributed by atoms with Gasteiger partial charge in [-0.05, 0) is 25.2 Å². The van der Waals surface area contributed by atoms with Crippen molar-refractivity contribution in [2.24, 2.45) is 0 Å². The van der Waals surface area contributed by atoms with Gasteiger partial charge in [0, 0.05) is 18.3 Å². The van der Waals surface area contributed by atoms with Gasteiger partial charge >= 0.3 is 0 Å². The second kappa shape index (κ2) is 8.53. The van der Waals surface area contributed by atoms with Crippen molar-refractivity contribution in [1.82, 2.24) is 15.3 Å². The lowest BCUT2D eigenvalue weighted by atomic mass is 10.2. The van der Waals surface area contributed by atoms with Crippen LogP contribution >= 0.6 is 11.8 Å². The highest BCUT2D eigenvalue weighted by molar-refractivity contribution is 7.98. The Morgan fingerprint density at radius 1 is 1.30 bits per heavy atom. The van der Waals surface area contributed by atoms with Gasteiger partial charge in [0.25, 0.3) is 5.91 Å². The molecule has 23 heavy (non-hydrogen) atoms. The van der Waals surface area contributed by atoms with Crippen molar-refractivity contribution in [3.05, 3.63) is 47.7 Å². The zero-order valence-corrected chi connectivity index (χ0v) is 14.4. The fourth-order valence-electron chi connectivity index (χ4n) is 2.03. The van der Waals surface area contributed by atoms with Crippen LogP contribution in [-0.2, 0) is 11.3 Å². The van der Waals surface area contributed by atoms with Gasteiger partial charge in [-0.3, -0.25) is 4.79 Å². The Morgan fingerprint density at radius 2 is 2.04 bits per heavy atom. The molecule has 0 saturated carbocycles. The minimum absolute atomic E-state index is 0.140. The number of aromatic nitrogens is 2. The third kappa shape index (κ3) is 5.25. The Hall–Kier alpha value is -2.08. The average Bonchev–Trinajstić information content (AvgIpc) is 2.58. The first kappa shape index (κ1) is 17.3. The zero-order chi connectivity index (χ0) is 16.7. The number of nitrogens with zero attached hydrogens (tertiary/aromatic N) is 2. The van der Waals surface area contributed by atoms with Crippen LogP contribution in [0.2, 0.25) is 0 Å². The number of rotatable bonds is 7. The van der Waals surface area contributed by atoms with Crippen LogP contribution in [0.15, 0.2) is 41.6 Å². The van der Waals surface area contributed by atoms with E-state index < -0.39 is 6.10 Å². The lowest BCUT2D eigenvalue weighted by Gasteiger charge is -2.17. The van der Waals surface area contributed by atoms with E-state index in [-0.39, 0.29) is 5.91 Å². The summed E-state index contributed by atoms with van der Waals surface area (Å²) >= 11 is 1.44. The molecule has 0 saturated heterocycles. The van der Waals surface area contributed by atoms with E-state index in [2.05, 4.69) is 15.3 Å². The Kier molecular flexibility index (Phi) is 6.40. The summed E-state index contributed by atoms with van der Waals surface area (Å²) in [5.74, 6) is 0.293. The Morgan fingerprint density at radius 3 is 2.70 bits per heavy atom. The fourth-order valence-corrected chi connectivity index (χ4v) is 2.45. The van der Waals surface area contributed by atoms with Crippen LogP contribution in [0.4, 0.5) is 0 Å². The molecule has 1 atom stereocenters. The maximum Gasteiger partial charge on any atom is 0.261 e. The smallest absolute Gasteiger partial charge is 0.261 e. The van der Waals surface area contributed by atoms with Crippen molar-refractivity contribution in [1.29, 1.82) is 0 Å². The van der Waals surface area contributed by atoms with E-state index in [0.717, 1.165) is 11.3 Å². The molecular weight excluding hydrogens is 310 g/mol. The minimum Gasteiger partial charge on any atom is -0.464 e. The summed E-state index contributed by atoms with van der Waals surface area (Å²) < 4.78 is 5.76. The molecule has 5 nitrogen and oxygen atoms in total. The topological polar surface area (TPSA) is 64.1 Å². The predicted octanol–water partition coefficient (Wildman–Crippen LogP) is 2.98. The molecule has 0 bridgehead atoms. The maximum absolute atomic E-state index is 12.3. The second-order valence-corrected chi connectivity index (χ2v) is 5.83. The quantitative estimate of drug-likeness (QED) is 0.624. The van der Waals surface area contributed by atoms with Gasteiger partial charge in [0.2, 0.25) is 5.88 Å². The third-order valence-electron chi connectivity index (χ3n) is 3.23. The molecule has 0 radical (unpaired) electrons. The van der Waals surface area contributed by atoms with Crippen molar-refractivity contribution in [2.75, 3.05) is 6.26 Å². The summed E-state index contributed by atoms with van der Waals surface area (Å²) in [6.07, 6.45) is 1.91. The molecule has 0 aliphatic heterocycles. The minimum atomic E-state index is -0.567. The highest BCUT2D eigenvalue weighted by atomic mass is 32.2. The van der Waals surface area contributed by atoms with Gasteiger partial charge in [0.05, 0.1) is 0 Å². The Balaban J connectivity index is 1.98. The van der Waals surface area contributed by atoms with Gasteiger partial charge in [-0.25, -0.2) is 4.98 Å². The molecule has 0 aliphatic rings. The molecular formula is C17H21N3O2S. The van der Waals surface area contributed by atoms with Gasteiger partial charge < -0.3 is 10.1 Å². The van der Waals surface area contributed by atoms with Crippen LogP contribution in [0, 0.1) is 6.92 Å². The van der Waals surface area contributed by atoms with Gasteiger partial charge in [-0.15, -0.1) is 0 Å². The molecule has 0 aliphatic carbocycles. The van der Waals surface area contributed by atoms with Gasteiger partial charge in [0.1, 0.15) is 0 Å². The number of amides is 1. The van der Waals surface area contributed by atoms with Crippen molar-refractivity contribution < 1.29 is 9.53 Å². The lowest BCUT2D eigenvalue weighted by Crippen LogP contribution is -2.37. The SMILES string of the molecule is CCC(Oc1cc(C)nc(SC)n1)C(=O)NCc1ccccc1. The summed E-state index contributed by atoms with van der Waals surface area (Å²) in [7, 11) is 0. The normalized spacial score (nSPS) is 11.8. The number of benzene rings is 1. The third-order valence-corrected chi connectivity index (χ3v) is 3.78. The number of thioether (sulfide) groups is 1. The summed E-state index contributed by atoms with van der Waals surface area (Å²) in [6.45, 7) is 4.28. The molecule has 1 heterocycles. The molecule has 0 spiro atoms. The summed E-state index contributed by atoms with van der Waals surface area (Å²) in [6, 6.07) is 11.5. The van der Waals surface area contributed by atoms with Crippen LogP contribution < -0.4 is 10.1 Å². The highest BCUT2D eigenvalue weighted by Crippen LogP contribution is 2.17. The van der Waals surface area contributed by atoms with Crippen LogP contribution in [0.3, 0.4) is 0 Å². The van der Waals surface area contributed by atoms with E-state index >= 15 is 0 Å². The van der Waals surface area contributed by atoms with Gasteiger partial charge in [-0.1, -0.05) is 49.0 Å². The molecule has 2 rings (SSSR count). The first-order valence-corrected chi connectivity index (χ1v) is 8.72.